The number of benzene rings is 3. The van der Waals surface area contributed by atoms with Crippen LogP contribution in [0.1, 0.15) is 22.3 Å². The Morgan fingerprint density at radius 3 is 2.22 bits per heavy atom. The summed E-state index contributed by atoms with van der Waals surface area (Å²) in [5.74, 6) is -0.387. The molecule has 0 fully saturated rings. The molecule has 32 heavy (non-hydrogen) atoms. The van der Waals surface area contributed by atoms with Crippen molar-refractivity contribution >= 4 is 37.5 Å². The fourth-order valence-corrected chi connectivity index (χ4v) is 6.02. The van der Waals surface area contributed by atoms with Crippen molar-refractivity contribution in [3.63, 3.8) is 0 Å². The van der Waals surface area contributed by atoms with Gasteiger partial charge in [-0.25, -0.2) is 8.42 Å². The fraction of sp³-hybridized carbons (Fsp3) is 0.240. The first-order valence-electron chi connectivity index (χ1n) is 10.3. The molecule has 1 amide bonds. The molecule has 0 saturated carbocycles. The zero-order valence-electron chi connectivity index (χ0n) is 18.4. The summed E-state index contributed by atoms with van der Waals surface area (Å²) in [7, 11) is -3.88. The number of sulfonamides is 1. The Bertz CT molecular complexity index is 1190. The Labute approximate surface area is 198 Å². The normalized spacial score (nSPS) is 11.5. The third-order valence-electron chi connectivity index (χ3n) is 5.12. The van der Waals surface area contributed by atoms with E-state index in [-0.39, 0.29) is 23.9 Å². The molecule has 1 N–H and O–H groups in total. The van der Waals surface area contributed by atoms with E-state index >= 15 is 0 Å². The second kappa shape index (κ2) is 10.4. The van der Waals surface area contributed by atoms with E-state index in [4.69, 9.17) is 0 Å². The first kappa shape index (κ1) is 24.2. The smallest absolute Gasteiger partial charge is 0.244 e. The quantitative estimate of drug-likeness (QED) is 0.446. The van der Waals surface area contributed by atoms with Gasteiger partial charge in [-0.05, 0) is 62.1 Å². The number of hydrogen-bond acceptors (Lipinski definition) is 3. The van der Waals surface area contributed by atoms with Gasteiger partial charge in [0.15, 0.2) is 0 Å². The average molecular weight is 515 g/mol. The molecule has 0 aliphatic carbocycles. The molecule has 0 radical (unpaired) electrons. The molecule has 0 aromatic heterocycles. The van der Waals surface area contributed by atoms with Gasteiger partial charge in [0.25, 0.3) is 0 Å². The predicted octanol–water partition coefficient (Wildman–Crippen LogP) is 5.25. The van der Waals surface area contributed by atoms with Gasteiger partial charge in [-0.15, -0.1) is 0 Å². The Morgan fingerprint density at radius 2 is 1.59 bits per heavy atom. The lowest BCUT2D eigenvalue weighted by Crippen LogP contribution is -2.39. The molecule has 3 aromatic carbocycles. The summed E-state index contributed by atoms with van der Waals surface area (Å²) in [6.45, 7) is 5.46. The molecule has 0 unspecified atom stereocenters. The molecule has 0 bridgehead atoms. The molecular formula is C25H27BrN2O3S. The van der Waals surface area contributed by atoms with Crippen LogP contribution < -0.4 is 5.32 Å². The standard InChI is InChI=1S/C25H27BrN2O3S/c1-18-14-19(2)25(20(3)15-18)32(30,31)28(13-12-21-8-5-4-6-9-21)17-24(29)27-23-11-7-10-22(26)16-23/h4-11,14-16H,12-13,17H2,1-3H3,(H,27,29). The number of aryl methyl sites for hydroxylation is 3. The lowest BCUT2D eigenvalue weighted by molar-refractivity contribution is -0.116. The Hall–Kier alpha value is -2.48. The van der Waals surface area contributed by atoms with Crippen molar-refractivity contribution in [3.05, 3.63) is 93.5 Å². The van der Waals surface area contributed by atoms with E-state index < -0.39 is 10.0 Å². The van der Waals surface area contributed by atoms with Gasteiger partial charge in [0.05, 0.1) is 11.4 Å². The number of hydrogen-bond donors (Lipinski definition) is 1. The molecule has 3 aromatic rings. The van der Waals surface area contributed by atoms with E-state index in [1.54, 1.807) is 26.0 Å². The SMILES string of the molecule is Cc1cc(C)c(S(=O)(=O)N(CCc2ccccc2)CC(=O)Nc2cccc(Br)c2)c(C)c1. The first-order valence-corrected chi connectivity index (χ1v) is 12.6. The van der Waals surface area contributed by atoms with Gasteiger partial charge in [0.2, 0.25) is 15.9 Å². The Kier molecular flexibility index (Phi) is 7.87. The van der Waals surface area contributed by atoms with Crippen molar-refractivity contribution in [2.75, 3.05) is 18.4 Å². The molecule has 0 atom stereocenters. The summed E-state index contributed by atoms with van der Waals surface area (Å²) in [5, 5.41) is 2.80. The maximum Gasteiger partial charge on any atom is 0.244 e. The van der Waals surface area contributed by atoms with Crippen LogP contribution in [0.4, 0.5) is 5.69 Å². The maximum absolute atomic E-state index is 13.7. The first-order chi connectivity index (χ1) is 15.2. The maximum atomic E-state index is 13.7. The molecule has 5 nitrogen and oxygen atoms in total. The highest BCUT2D eigenvalue weighted by molar-refractivity contribution is 9.10. The minimum Gasteiger partial charge on any atom is -0.325 e. The summed E-state index contributed by atoms with van der Waals surface area (Å²) in [6, 6.07) is 20.6. The van der Waals surface area contributed by atoms with Crippen molar-refractivity contribution in [2.45, 2.75) is 32.1 Å². The summed E-state index contributed by atoms with van der Waals surface area (Å²) >= 11 is 3.38. The van der Waals surface area contributed by atoms with Crippen LogP contribution in [0.25, 0.3) is 0 Å². The highest BCUT2D eigenvalue weighted by Crippen LogP contribution is 2.26. The summed E-state index contributed by atoms with van der Waals surface area (Å²) in [6.07, 6.45) is 0.508. The van der Waals surface area contributed by atoms with Gasteiger partial charge in [0, 0.05) is 16.7 Å². The number of halogens is 1. The van der Waals surface area contributed by atoms with E-state index in [9.17, 15) is 13.2 Å². The van der Waals surface area contributed by atoms with E-state index in [0.29, 0.717) is 23.2 Å². The Morgan fingerprint density at radius 1 is 0.938 bits per heavy atom. The molecule has 0 heterocycles. The second-order valence-electron chi connectivity index (χ2n) is 7.86. The van der Waals surface area contributed by atoms with Crippen LogP contribution in [0.5, 0.6) is 0 Å². The minimum absolute atomic E-state index is 0.199. The van der Waals surface area contributed by atoms with Gasteiger partial charge in [0.1, 0.15) is 0 Å². The van der Waals surface area contributed by atoms with Crippen molar-refractivity contribution in [1.29, 1.82) is 0 Å². The monoisotopic (exact) mass is 514 g/mol. The van der Waals surface area contributed by atoms with Crippen LogP contribution in [-0.2, 0) is 21.2 Å². The van der Waals surface area contributed by atoms with Crippen LogP contribution in [0.2, 0.25) is 0 Å². The number of nitrogens with zero attached hydrogens (tertiary/aromatic N) is 1. The molecule has 168 valence electrons. The summed E-state index contributed by atoms with van der Waals surface area (Å²) < 4.78 is 29.5. The largest absolute Gasteiger partial charge is 0.325 e. The lowest BCUT2D eigenvalue weighted by atomic mass is 10.1. The van der Waals surface area contributed by atoms with Crippen molar-refractivity contribution in [2.24, 2.45) is 0 Å². The number of amides is 1. The predicted molar refractivity (Wildman–Crippen MR) is 132 cm³/mol. The van der Waals surface area contributed by atoms with Crippen LogP contribution in [0.3, 0.4) is 0 Å². The Balaban J connectivity index is 1.90. The minimum atomic E-state index is -3.88. The van der Waals surface area contributed by atoms with Crippen molar-refractivity contribution in [3.8, 4) is 0 Å². The number of nitrogens with one attached hydrogen (secondary N) is 1. The zero-order chi connectivity index (χ0) is 23.3. The molecule has 3 rings (SSSR count). The molecule has 7 heteroatoms. The molecule has 0 aliphatic heterocycles. The zero-order valence-corrected chi connectivity index (χ0v) is 20.8. The summed E-state index contributed by atoms with van der Waals surface area (Å²) in [5.41, 5.74) is 3.98. The average Bonchev–Trinajstić information content (AvgIpc) is 2.70. The third kappa shape index (κ3) is 6.06. The second-order valence-corrected chi connectivity index (χ2v) is 10.7. The third-order valence-corrected chi connectivity index (χ3v) is 7.77. The van der Waals surface area contributed by atoms with Crippen molar-refractivity contribution in [1.82, 2.24) is 4.31 Å². The van der Waals surface area contributed by atoms with Gasteiger partial charge in [-0.1, -0.05) is 70.0 Å². The van der Waals surface area contributed by atoms with Gasteiger partial charge in [-0.2, -0.15) is 4.31 Å². The number of rotatable bonds is 8. The molecule has 0 spiro atoms. The van der Waals surface area contributed by atoms with Gasteiger partial charge >= 0.3 is 0 Å². The molecular weight excluding hydrogens is 488 g/mol. The topological polar surface area (TPSA) is 66.5 Å². The highest BCUT2D eigenvalue weighted by Gasteiger charge is 2.29. The van der Waals surface area contributed by atoms with Crippen LogP contribution in [0, 0.1) is 20.8 Å². The molecule has 0 aliphatic rings. The van der Waals surface area contributed by atoms with Gasteiger partial charge < -0.3 is 5.32 Å². The number of anilines is 1. The van der Waals surface area contributed by atoms with E-state index in [1.807, 2.05) is 61.5 Å². The van der Waals surface area contributed by atoms with Crippen LogP contribution >= 0.6 is 15.9 Å². The molecule has 0 saturated heterocycles. The van der Waals surface area contributed by atoms with Crippen LogP contribution in [-0.4, -0.2) is 31.7 Å². The van der Waals surface area contributed by atoms with Gasteiger partial charge in [-0.3, -0.25) is 4.79 Å². The lowest BCUT2D eigenvalue weighted by Gasteiger charge is -2.24. The van der Waals surface area contributed by atoms with E-state index in [0.717, 1.165) is 15.6 Å². The van der Waals surface area contributed by atoms with E-state index in [2.05, 4.69) is 21.2 Å². The van der Waals surface area contributed by atoms with Crippen molar-refractivity contribution < 1.29 is 13.2 Å². The highest BCUT2D eigenvalue weighted by atomic mass is 79.9. The number of carbonyl (C=O) groups is 1. The van der Waals surface area contributed by atoms with Crippen LogP contribution in [0.15, 0.2) is 76.1 Å². The fourth-order valence-electron chi connectivity index (χ4n) is 3.81. The summed E-state index contributed by atoms with van der Waals surface area (Å²) in [4.78, 5) is 13.1. The number of carbonyl (C=O) groups excluding carboxylic acids is 1. The van der Waals surface area contributed by atoms with E-state index in [1.165, 1.54) is 4.31 Å².